The Hall–Kier alpha value is -2.69. The lowest BCUT2D eigenvalue weighted by atomic mass is 10.0. The lowest BCUT2D eigenvalue weighted by Gasteiger charge is -2.06. The maximum Gasteiger partial charge on any atom is 0.387 e. The summed E-state index contributed by atoms with van der Waals surface area (Å²) in [7, 11) is 0. The number of imidazole rings is 1. The number of hydrogen-bond acceptors (Lipinski definition) is 1. The Bertz CT molecular complexity index is 977. The molecular formula is C23H25F2N2O+. The number of hydrogen-bond donors (Lipinski definition) is 0. The van der Waals surface area contributed by atoms with Gasteiger partial charge in [0.1, 0.15) is 17.6 Å². The topological polar surface area (TPSA) is 18.0 Å². The van der Waals surface area contributed by atoms with Crippen LogP contribution in [0.5, 0.6) is 5.75 Å². The minimum Gasteiger partial charge on any atom is -0.435 e. The number of fused-ring (bicyclic) bond motifs is 1. The molecule has 146 valence electrons. The predicted octanol–water partition coefficient (Wildman–Crippen LogP) is 5.38. The van der Waals surface area contributed by atoms with Crippen molar-refractivity contribution < 1.29 is 18.1 Å². The van der Waals surface area contributed by atoms with Crippen LogP contribution in [-0.4, -0.2) is 11.2 Å². The molecule has 0 spiro atoms. The summed E-state index contributed by atoms with van der Waals surface area (Å²) in [6.07, 6.45) is 6.72. The van der Waals surface area contributed by atoms with Gasteiger partial charge >= 0.3 is 6.61 Å². The number of benzene rings is 2. The molecule has 0 fully saturated rings. The summed E-state index contributed by atoms with van der Waals surface area (Å²) >= 11 is 0. The minimum atomic E-state index is -2.81. The Morgan fingerprint density at radius 2 is 1.79 bits per heavy atom. The molecule has 0 N–H and O–H groups in total. The summed E-state index contributed by atoms with van der Waals surface area (Å²) in [5, 5.41) is 0. The molecule has 0 aliphatic carbocycles. The summed E-state index contributed by atoms with van der Waals surface area (Å²) in [6, 6.07) is 13.5. The maximum absolute atomic E-state index is 12.4. The van der Waals surface area contributed by atoms with Gasteiger partial charge in [-0.2, -0.15) is 13.3 Å². The molecule has 0 saturated carbocycles. The highest BCUT2D eigenvalue weighted by molar-refractivity contribution is 5.62. The van der Waals surface area contributed by atoms with Gasteiger partial charge in [-0.3, -0.25) is 0 Å². The number of aromatic nitrogens is 2. The van der Waals surface area contributed by atoms with Crippen LogP contribution in [0.25, 0.3) is 16.9 Å². The van der Waals surface area contributed by atoms with E-state index in [2.05, 4.69) is 52.1 Å². The highest BCUT2D eigenvalue weighted by atomic mass is 19.3. The van der Waals surface area contributed by atoms with Gasteiger partial charge in [0.25, 0.3) is 5.82 Å². The molecule has 0 bridgehead atoms. The third-order valence-electron chi connectivity index (χ3n) is 5.41. The van der Waals surface area contributed by atoms with Crippen molar-refractivity contribution in [2.45, 2.75) is 52.7 Å². The molecule has 2 heterocycles. The van der Waals surface area contributed by atoms with Crippen molar-refractivity contribution in [3.05, 3.63) is 65.6 Å². The van der Waals surface area contributed by atoms with Crippen molar-refractivity contribution in [3.8, 4) is 22.7 Å². The molecule has 28 heavy (non-hydrogen) atoms. The van der Waals surface area contributed by atoms with Crippen molar-refractivity contribution in [2.24, 2.45) is 0 Å². The Balaban J connectivity index is 1.81. The van der Waals surface area contributed by atoms with E-state index in [1.165, 1.54) is 41.1 Å². The van der Waals surface area contributed by atoms with Crippen molar-refractivity contribution in [1.29, 1.82) is 0 Å². The van der Waals surface area contributed by atoms with Crippen LogP contribution in [0.1, 0.15) is 36.2 Å². The van der Waals surface area contributed by atoms with Crippen LogP contribution in [0.3, 0.4) is 0 Å². The number of ether oxygens (including phenoxy) is 1. The zero-order valence-electron chi connectivity index (χ0n) is 16.3. The maximum atomic E-state index is 12.4. The highest BCUT2D eigenvalue weighted by Gasteiger charge is 2.27. The number of halogens is 2. The van der Waals surface area contributed by atoms with Gasteiger partial charge in [0, 0.05) is 12.0 Å². The fraction of sp³-hybridized carbons (Fsp3) is 0.348. The number of nitrogens with zero attached hydrogens (tertiary/aromatic N) is 2. The SMILES string of the molecule is Cc1ccc(-c2cn(-c3ccc(OC(F)F)cc3)c3[n+]2CCCCC3)c(C)c1. The van der Waals surface area contributed by atoms with Gasteiger partial charge in [0.05, 0.1) is 6.54 Å². The first-order valence-electron chi connectivity index (χ1n) is 9.80. The molecule has 5 heteroatoms. The summed E-state index contributed by atoms with van der Waals surface area (Å²) in [5.74, 6) is 1.44. The third-order valence-corrected chi connectivity index (χ3v) is 5.41. The molecule has 1 aliphatic rings. The second-order valence-electron chi connectivity index (χ2n) is 7.45. The highest BCUT2D eigenvalue weighted by Crippen LogP contribution is 2.27. The first kappa shape index (κ1) is 18.7. The molecule has 3 nitrogen and oxygen atoms in total. The summed E-state index contributed by atoms with van der Waals surface area (Å²) in [5.41, 5.74) is 5.93. The van der Waals surface area contributed by atoms with Crippen molar-refractivity contribution in [3.63, 3.8) is 0 Å². The molecule has 0 radical (unpaired) electrons. The zero-order chi connectivity index (χ0) is 19.7. The molecule has 0 saturated heterocycles. The Morgan fingerprint density at radius 1 is 1.00 bits per heavy atom. The molecule has 0 unspecified atom stereocenters. The Kier molecular flexibility index (Phi) is 5.16. The van der Waals surface area contributed by atoms with Crippen LogP contribution in [0.4, 0.5) is 8.78 Å². The summed E-state index contributed by atoms with van der Waals surface area (Å²) < 4.78 is 34.0. The first-order chi connectivity index (χ1) is 13.5. The second kappa shape index (κ2) is 7.74. The van der Waals surface area contributed by atoms with Gasteiger partial charge in [-0.15, -0.1) is 0 Å². The molecule has 3 aromatic rings. The average molecular weight is 383 g/mol. The zero-order valence-corrected chi connectivity index (χ0v) is 16.3. The molecule has 0 amide bonds. The monoisotopic (exact) mass is 383 g/mol. The lowest BCUT2D eigenvalue weighted by molar-refractivity contribution is -0.692. The van der Waals surface area contributed by atoms with Crippen LogP contribution in [0, 0.1) is 13.8 Å². The van der Waals surface area contributed by atoms with Crippen LogP contribution in [0.2, 0.25) is 0 Å². The Morgan fingerprint density at radius 3 is 2.50 bits per heavy atom. The van der Waals surface area contributed by atoms with Gasteiger partial charge in [0.2, 0.25) is 0 Å². The van der Waals surface area contributed by atoms with Crippen molar-refractivity contribution >= 4 is 0 Å². The summed E-state index contributed by atoms with van der Waals surface area (Å²) in [6.45, 7) is 2.45. The standard InChI is InChI=1S/C23H25F2N2O/c1-16-7-12-20(17(2)14-16)21-15-27(22-6-4-3-5-13-26(21)22)18-8-10-19(11-9-18)28-23(24)25/h7-12,14-15,23H,3-6,13H2,1-2H3/q+1. The van der Waals surface area contributed by atoms with E-state index in [-0.39, 0.29) is 5.75 Å². The smallest absolute Gasteiger partial charge is 0.387 e. The fourth-order valence-corrected chi connectivity index (χ4v) is 4.10. The normalized spacial score (nSPS) is 14.0. The molecule has 1 aliphatic heterocycles. The van der Waals surface area contributed by atoms with Crippen LogP contribution in [-0.2, 0) is 13.0 Å². The van der Waals surface area contributed by atoms with E-state index in [1.54, 1.807) is 12.1 Å². The largest absolute Gasteiger partial charge is 0.435 e. The number of rotatable bonds is 4. The minimum absolute atomic E-state index is 0.180. The Labute approximate surface area is 164 Å². The van der Waals surface area contributed by atoms with E-state index in [4.69, 9.17) is 0 Å². The van der Waals surface area contributed by atoms with Crippen molar-refractivity contribution in [1.82, 2.24) is 4.57 Å². The molecule has 2 aromatic carbocycles. The number of aryl methyl sites for hydroxylation is 2. The fourth-order valence-electron chi connectivity index (χ4n) is 4.10. The van der Waals surface area contributed by atoms with Gasteiger partial charge in [-0.25, -0.2) is 4.57 Å². The van der Waals surface area contributed by atoms with E-state index in [0.717, 1.165) is 25.1 Å². The van der Waals surface area contributed by atoms with Gasteiger partial charge in [0.15, 0.2) is 5.69 Å². The summed E-state index contributed by atoms with van der Waals surface area (Å²) in [4.78, 5) is 0. The van der Waals surface area contributed by atoms with E-state index in [1.807, 2.05) is 12.1 Å². The third kappa shape index (κ3) is 3.66. The van der Waals surface area contributed by atoms with Gasteiger partial charge < -0.3 is 4.74 Å². The van der Waals surface area contributed by atoms with E-state index in [9.17, 15) is 8.78 Å². The van der Waals surface area contributed by atoms with Crippen molar-refractivity contribution in [2.75, 3.05) is 0 Å². The molecule has 1 aromatic heterocycles. The predicted molar refractivity (Wildman–Crippen MR) is 105 cm³/mol. The molecule has 4 rings (SSSR count). The van der Waals surface area contributed by atoms with Crippen LogP contribution < -0.4 is 9.30 Å². The number of alkyl halides is 2. The van der Waals surface area contributed by atoms with E-state index >= 15 is 0 Å². The van der Waals surface area contributed by atoms with Gasteiger partial charge in [-0.05, 0) is 62.9 Å². The average Bonchev–Trinajstić information content (AvgIpc) is 2.84. The molecule has 0 atom stereocenters. The molecular weight excluding hydrogens is 358 g/mol. The van der Waals surface area contributed by atoms with Crippen LogP contribution in [0.15, 0.2) is 48.7 Å². The quantitative estimate of drug-likeness (QED) is 0.554. The van der Waals surface area contributed by atoms with Crippen LogP contribution >= 0.6 is 0 Å². The van der Waals surface area contributed by atoms with E-state index < -0.39 is 6.61 Å². The van der Waals surface area contributed by atoms with E-state index in [0.29, 0.717) is 0 Å². The second-order valence-corrected chi connectivity index (χ2v) is 7.45. The van der Waals surface area contributed by atoms with Gasteiger partial charge in [-0.1, -0.05) is 23.8 Å². The first-order valence-corrected chi connectivity index (χ1v) is 9.80. The lowest BCUT2D eigenvalue weighted by Crippen LogP contribution is -2.38.